The van der Waals surface area contributed by atoms with Crippen molar-refractivity contribution in [1.82, 2.24) is 0 Å². The molecule has 1 rings (SSSR count). The third-order valence-corrected chi connectivity index (χ3v) is 4.00. The molecule has 0 aliphatic carbocycles. The first kappa shape index (κ1) is 27.4. The van der Waals surface area contributed by atoms with Gasteiger partial charge in [-0.3, -0.25) is 0 Å². The van der Waals surface area contributed by atoms with E-state index in [1.807, 2.05) is 0 Å². The van der Waals surface area contributed by atoms with E-state index in [0.717, 1.165) is 0 Å². The summed E-state index contributed by atoms with van der Waals surface area (Å²) in [5.41, 5.74) is -2.60. The second-order valence-electron chi connectivity index (χ2n) is 6.19. The fraction of sp³-hybridized carbons (Fsp3) is 0.917. The molecule has 1 aliphatic rings. The van der Waals surface area contributed by atoms with Crippen molar-refractivity contribution < 1.29 is 80.8 Å². The smallest absolute Gasteiger partial charge is 0.460 e. The van der Waals surface area contributed by atoms with Crippen LogP contribution < -0.4 is 0 Å². The molecule has 0 atom stereocenters. The summed E-state index contributed by atoms with van der Waals surface area (Å²) < 4.78 is 200. The number of halogens is 15. The number of aliphatic hydroxyl groups excluding tert-OH is 2. The van der Waals surface area contributed by atoms with Gasteiger partial charge in [-0.1, -0.05) is 0 Å². The van der Waals surface area contributed by atoms with Crippen molar-refractivity contribution in [1.29, 1.82) is 0 Å². The van der Waals surface area contributed by atoms with Crippen LogP contribution in [0.25, 0.3) is 0 Å². The molecule has 0 unspecified atom stereocenters. The minimum absolute atomic E-state index is 1.44. The van der Waals surface area contributed by atoms with Gasteiger partial charge >= 0.3 is 41.7 Å². The van der Waals surface area contributed by atoms with Crippen LogP contribution in [-0.2, 0) is 4.74 Å². The van der Waals surface area contributed by atoms with Gasteiger partial charge in [-0.15, -0.1) is 0 Å². The second kappa shape index (κ2) is 7.17. The van der Waals surface area contributed by atoms with E-state index in [9.17, 15) is 65.9 Å². The summed E-state index contributed by atoms with van der Waals surface area (Å²) in [4.78, 5) is 2.41. The number of aliphatic imine (C=N–C) groups is 1. The van der Waals surface area contributed by atoms with Crippen LogP contribution in [0.15, 0.2) is 4.99 Å². The van der Waals surface area contributed by atoms with Gasteiger partial charge in [0.25, 0.3) is 5.90 Å². The molecule has 2 N–H and O–H groups in total. The van der Waals surface area contributed by atoms with Crippen molar-refractivity contribution in [2.75, 3.05) is 19.8 Å². The van der Waals surface area contributed by atoms with Gasteiger partial charge in [-0.25, -0.2) is 4.99 Å². The van der Waals surface area contributed by atoms with Crippen molar-refractivity contribution in [3.05, 3.63) is 0 Å². The molecule has 1 aliphatic heterocycles. The molecule has 0 spiro atoms. The van der Waals surface area contributed by atoms with Gasteiger partial charge in [-0.05, 0) is 0 Å². The highest BCUT2D eigenvalue weighted by Crippen LogP contribution is 2.62. The zero-order valence-electron chi connectivity index (χ0n) is 14.0. The molecule has 0 saturated carbocycles. The first-order valence-electron chi connectivity index (χ1n) is 7.22. The summed E-state index contributed by atoms with van der Waals surface area (Å²) in [6, 6.07) is 0. The highest BCUT2D eigenvalue weighted by atomic mass is 19.4. The summed E-state index contributed by atoms with van der Waals surface area (Å²) in [5.74, 6) is -50.7. The maximum atomic E-state index is 13.8. The quantitative estimate of drug-likeness (QED) is 0.503. The van der Waals surface area contributed by atoms with Crippen LogP contribution in [0, 0.1) is 0 Å². The summed E-state index contributed by atoms with van der Waals surface area (Å²) in [6.45, 7) is -4.39. The molecule has 0 radical (unpaired) electrons. The molecule has 31 heavy (non-hydrogen) atoms. The predicted octanol–water partition coefficient (Wildman–Crippen LogP) is 3.51. The summed E-state index contributed by atoms with van der Waals surface area (Å²) in [7, 11) is 0. The maximum absolute atomic E-state index is 13.8. The number of nitrogens with zero attached hydrogens (tertiary/aromatic N) is 1. The number of rotatable bonds is 8. The lowest BCUT2D eigenvalue weighted by Crippen LogP contribution is -2.73. The molecular formula is C12H8F15NO3. The SMILES string of the molecule is OCC1(CO)COC(C(F)(F)C(F)(F)C(F)(F)C(F)(F)C(F)(F)C(F)(F)C(F)(F)F)=N1. The molecular weight excluding hydrogens is 491 g/mol. The average molecular weight is 499 g/mol. The topological polar surface area (TPSA) is 62.0 Å². The fourth-order valence-electron chi connectivity index (χ4n) is 1.96. The molecule has 1 heterocycles. The Morgan fingerprint density at radius 2 is 1.00 bits per heavy atom. The highest BCUT2D eigenvalue weighted by Gasteiger charge is 2.94. The lowest BCUT2D eigenvalue weighted by molar-refractivity contribution is -0.449. The van der Waals surface area contributed by atoms with Crippen LogP contribution in [0.3, 0.4) is 0 Å². The molecule has 0 fully saturated rings. The second-order valence-corrected chi connectivity index (χ2v) is 6.19. The van der Waals surface area contributed by atoms with Crippen LogP contribution in [0.2, 0.25) is 0 Å². The Bertz CT molecular complexity index is 711. The number of aliphatic hydroxyl groups is 2. The third-order valence-electron chi connectivity index (χ3n) is 4.00. The van der Waals surface area contributed by atoms with Gasteiger partial charge < -0.3 is 14.9 Å². The van der Waals surface area contributed by atoms with E-state index in [1.54, 1.807) is 0 Å². The van der Waals surface area contributed by atoms with Crippen molar-refractivity contribution in [2.45, 2.75) is 47.3 Å². The Hall–Kier alpha value is -1.66. The molecule has 4 nitrogen and oxygen atoms in total. The highest BCUT2D eigenvalue weighted by molar-refractivity contribution is 5.86. The minimum Gasteiger partial charge on any atom is -0.474 e. The Balaban J connectivity index is 3.60. The number of hydrogen-bond donors (Lipinski definition) is 2. The molecule has 0 saturated heterocycles. The van der Waals surface area contributed by atoms with Crippen LogP contribution in [0.1, 0.15) is 0 Å². The molecule has 0 amide bonds. The monoisotopic (exact) mass is 499 g/mol. The minimum atomic E-state index is -8.42. The van der Waals surface area contributed by atoms with Gasteiger partial charge in [-0.2, -0.15) is 65.9 Å². The molecule has 19 heteroatoms. The fourth-order valence-corrected chi connectivity index (χ4v) is 1.96. The van der Waals surface area contributed by atoms with E-state index in [-0.39, 0.29) is 0 Å². The van der Waals surface area contributed by atoms with E-state index in [0.29, 0.717) is 0 Å². The van der Waals surface area contributed by atoms with Crippen molar-refractivity contribution in [2.24, 2.45) is 4.99 Å². The van der Waals surface area contributed by atoms with Gasteiger partial charge in [0.05, 0.1) is 13.2 Å². The van der Waals surface area contributed by atoms with E-state index in [1.165, 1.54) is 0 Å². The van der Waals surface area contributed by atoms with Gasteiger partial charge in [0.1, 0.15) is 12.1 Å². The predicted molar refractivity (Wildman–Crippen MR) is 66.0 cm³/mol. The number of alkyl halides is 15. The average Bonchev–Trinajstić information content (AvgIpc) is 3.05. The first-order chi connectivity index (χ1) is 13.4. The van der Waals surface area contributed by atoms with Gasteiger partial charge in [0.15, 0.2) is 0 Å². The van der Waals surface area contributed by atoms with Crippen molar-refractivity contribution >= 4 is 5.90 Å². The van der Waals surface area contributed by atoms with E-state index in [4.69, 9.17) is 10.2 Å². The number of ether oxygens (including phenoxy) is 1. The van der Waals surface area contributed by atoms with Crippen LogP contribution in [0.5, 0.6) is 0 Å². The maximum Gasteiger partial charge on any atom is 0.460 e. The number of hydrogen-bond acceptors (Lipinski definition) is 4. The Labute approximate surface area is 160 Å². The Kier molecular flexibility index (Phi) is 6.33. The summed E-state index contributed by atoms with van der Waals surface area (Å²) >= 11 is 0. The Morgan fingerprint density at radius 3 is 1.32 bits per heavy atom. The Morgan fingerprint density at radius 1 is 0.645 bits per heavy atom. The molecule has 0 aromatic rings. The molecule has 0 bridgehead atoms. The first-order valence-corrected chi connectivity index (χ1v) is 7.22. The third kappa shape index (κ3) is 3.46. The van der Waals surface area contributed by atoms with E-state index < -0.39 is 73.0 Å². The molecule has 0 aromatic heterocycles. The normalized spacial score (nSPS) is 19.3. The van der Waals surface area contributed by atoms with E-state index >= 15 is 0 Å². The standard InChI is InChI=1S/C12H8F15NO3/c13-6(14,4-28-5(1-29,2-30)3-31-4)7(15,16)8(17,18)9(19,20)10(21,22)11(23,24)12(25,26)27/h29-30H,1-3H2. The van der Waals surface area contributed by atoms with E-state index in [2.05, 4.69) is 9.73 Å². The van der Waals surface area contributed by atoms with Gasteiger partial charge in [0.2, 0.25) is 0 Å². The zero-order valence-corrected chi connectivity index (χ0v) is 14.0. The lowest BCUT2D eigenvalue weighted by Gasteiger charge is -2.41. The zero-order chi connectivity index (χ0) is 25.1. The van der Waals surface area contributed by atoms with Crippen LogP contribution in [-0.4, -0.2) is 83.2 Å². The van der Waals surface area contributed by atoms with Crippen molar-refractivity contribution in [3.8, 4) is 0 Å². The van der Waals surface area contributed by atoms with Crippen LogP contribution in [0.4, 0.5) is 65.9 Å². The lowest BCUT2D eigenvalue weighted by atomic mass is 9.91. The molecule has 184 valence electrons. The van der Waals surface area contributed by atoms with Crippen LogP contribution >= 0.6 is 0 Å². The molecule has 0 aromatic carbocycles. The largest absolute Gasteiger partial charge is 0.474 e. The van der Waals surface area contributed by atoms with Gasteiger partial charge in [0, 0.05) is 0 Å². The van der Waals surface area contributed by atoms with Crippen molar-refractivity contribution in [3.63, 3.8) is 0 Å². The summed E-state index contributed by atoms with van der Waals surface area (Å²) in [6.07, 6.45) is -7.69. The summed E-state index contributed by atoms with van der Waals surface area (Å²) in [5, 5.41) is 17.7.